The number of aryl methyl sites for hydroxylation is 1. The van der Waals surface area contributed by atoms with Gasteiger partial charge in [-0.3, -0.25) is 4.79 Å². The molecule has 130 valence electrons. The predicted molar refractivity (Wildman–Crippen MR) is 95.9 cm³/mol. The van der Waals surface area contributed by atoms with Crippen molar-refractivity contribution in [3.05, 3.63) is 58.0 Å². The van der Waals surface area contributed by atoms with Gasteiger partial charge in [-0.25, -0.2) is 4.68 Å². The van der Waals surface area contributed by atoms with Gasteiger partial charge in [-0.05, 0) is 23.8 Å². The number of ether oxygens (including phenoxy) is 3. The Balaban J connectivity index is 2.14. The van der Waals surface area contributed by atoms with Gasteiger partial charge in [-0.2, -0.15) is 5.10 Å². The van der Waals surface area contributed by atoms with Crippen molar-refractivity contribution in [3.63, 3.8) is 0 Å². The zero-order valence-electron chi connectivity index (χ0n) is 14.7. The highest BCUT2D eigenvalue weighted by atomic mass is 16.5. The molecule has 0 amide bonds. The largest absolute Gasteiger partial charge is 0.493 e. The minimum Gasteiger partial charge on any atom is -0.493 e. The van der Waals surface area contributed by atoms with Crippen LogP contribution in [0.4, 0.5) is 0 Å². The Morgan fingerprint density at radius 3 is 2.12 bits per heavy atom. The summed E-state index contributed by atoms with van der Waals surface area (Å²) in [6, 6.07) is 11.3. The molecule has 2 aromatic carbocycles. The summed E-state index contributed by atoms with van der Waals surface area (Å²) < 4.78 is 17.5. The van der Waals surface area contributed by atoms with E-state index in [-0.39, 0.29) is 5.56 Å². The number of rotatable bonds is 5. The van der Waals surface area contributed by atoms with Crippen molar-refractivity contribution in [1.29, 1.82) is 0 Å². The number of hydrogen-bond donors (Lipinski definition) is 0. The van der Waals surface area contributed by atoms with Crippen LogP contribution in [0, 0.1) is 0 Å². The molecule has 1 heterocycles. The van der Waals surface area contributed by atoms with Crippen LogP contribution in [0.25, 0.3) is 10.8 Å². The van der Waals surface area contributed by atoms with Crippen molar-refractivity contribution in [3.8, 4) is 17.2 Å². The van der Waals surface area contributed by atoms with Gasteiger partial charge in [-0.15, -0.1) is 0 Å². The summed E-state index contributed by atoms with van der Waals surface area (Å²) in [5, 5.41) is 5.94. The summed E-state index contributed by atoms with van der Waals surface area (Å²) in [6.07, 6.45) is 0.533. The summed E-state index contributed by atoms with van der Waals surface area (Å²) in [5.74, 6) is 1.73. The van der Waals surface area contributed by atoms with Crippen molar-refractivity contribution in [2.75, 3.05) is 21.3 Å². The van der Waals surface area contributed by atoms with Crippen LogP contribution < -0.4 is 19.8 Å². The molecule has 0 spiro atoms. The number of nitrogens with zero attached hydrogens (tertiary/aromatic N) is 2. The van der Waals surface area contributed by atoms with Crippen LogP contribution in [0.15, 0.2) is 41.2 Å². The fourth-order valence-corrected chi connectivity index (χ4v) is 2.94. The smallest absolute Gasteiger partial charge is 0.274 e. The van der Waals surface area contributed by atoms with Gasteiger partial charge >= 0.3 is 0 Å². The lowest BCUT2D eigenvalue weighted by Crippen LogP contribution is -2.21. The predicted octanol–water partition coefficient (Wildman–Crippen LogP) is 2.55. The molecule has 0 aliphatic carbocycles. The Bertz CT molecular complexity index is 954. The van der Waals surface area contributed by atoms with Crippen LogP contribution >= 0.6 is 0 Å². The van der Waals surface area contributed by atoms with Crippen LogP contribution in [0.1, 0.15) is 11.3 Å². The molecule has 0 atom stereocenters. The number of aromatic nitrogens is 2. The summed E-state index contributed by atoms with van der Waals surface area (Å²) in [7, 11) is 6.40. The van der Waals surface area contributed by atoms with Gasteiger partial charge in [-0.1, -0.05) is 18.2 Å². The number of methoxy groups -OCH3 is 3. The van der Waals surface area contributed by atoms with E-state index >= 15 is 0 Å². The molecule has 6 heteroatoms. The first kappa shape index (κ1) is 16.8. The lowest BCUT2D eigenvalue weighted by Gasteiger charge is -2.14. The molecule has 6 nitrogen and oxygen atoms in total. The second-order valence-electron chi connectivity index (χ2n) is 5.63. The summed E-state index contributed by atoms with van der Waals surface area (Å²) >= 11 is 0. The van der Waals surface area contributed by atoms with Crippen molar-refractivity contribution in [1.82, 2.24) is 9.78 Å². The van der Waals surface area contributed by atoms with Gasteiger partial charge in [0.2, 0.25) is 5.75 Å². The fourth-order valence-electron chi connectivity index (χ4n) is 2.94. The molecule has 0 saturated heterocycles. The fraction of sp³-hybridized carbons (Fsp3) is 0.263. The zero-order chi connectivity index (χ0) is 18.0. The highest BCUT2D eigenvalue weighted by molar-refractivity contribution is 5.83. The monoisotopic (exact) mass is 340 g/mol. The minimum atomic E-state index is -0.107. The number of hydrogen-bond acceptors (Lipinski definition) is 5. The molecule has 0 bridgehead atoms. The third-order valence-corrected chi connectivity index (χ3v) is 4.13. The quantitative estimate of drug-likeness (QED) is 0.714. The SMILES string of the molecule is COc1cc(Cc2nn(C)c(=O)c3ccccc23)cc(OC)c1OC. The summed E-state index contributed by atoms with van der Waals surface area (Å²) in [6.45, 7) is 0. The maximum absolute atomic E-state index is 12.3. The molecule has 0 N–H and O–H groups in total. The van der Waals surface area contributed by atoms with Gasteiger partial charge in [0, 0.05) is 18.9 Å². The molecular weight excluding hydrogens is 320 g/mol. The van der Waals surface area contributed by atoms with Gasteiger partial charge in [0.15, 0.2) is 11.5 Å². The Morgan fingerprint density at radius 2 is 1.56 bits per heavy atom. The van der Waals surface area contributed by atoms with E-state index in [4.69, 9.17) is 14.2 Å². The van der Waals surface area contributed by atoms with E-state index in [1.165, 1.54) is 4.68 Å². The number of benzene rings is 2. The molecule has 0 saturated carbocycles. The first-order valence-corrected chi connectivity index (χ1v) is 7.82. The van der Waals surface area contributed by atoms with Gasteiger partial charge in [0.1, 0.15) is 0 Å². The average Bonchev–Trinajstić information content (AvgIpc) is 2.65. The average molecular weight is 340 g/mol. The van der Waals surface area contributed by atoms with Crippen LogP contribution in [0.5, 0.6) is 17.2 Å². The Kier molecular flexibility index (Phi) is 4.61. The van der Waals surface area contributed by atoms with E-state index in [1.807, 2.05) is 36.4 Å². The van der Waals surface area contributed by atoms with E-state index in [2.05, 4.69) is 5.10 Å². The molecule has 0 radical (unpaired) electrons. The maximum atomic E-state index is 12.3. The molecule has 0 fully saturated rings. The highest BCUT2D eigenvalue weighted by Crippen LogP contribution is 2.38. The molecule has 25 heavy (non-hydrogen) atoms. The first-order valence-electron chi connectivity index (χ1n) is 7.82. The first-order chi connectivity index (χ1) is 12.1. The Morgan fingerprint density at radius 1 is 0.960 bits per heavy atom. The standard InChI is InChI=1S/C19H20N2O4/c1-21-19(22)14-8-6-5-7-13(14)15(20-21)9-12-10-16(23-2)18(25-4)17(11-12)24-3/h5-8,10-11H,9H2,1-4H3. The van der Waals surface area contributed by atoms with E-state index < -0.39 is 0 Å². The number of fused-ring (bicyclic) bond motifs is 1. The van der Waals surface area contributed by atoms with E-state index in [9.17, 15) is 4.79 Å². The topological polar surface area (TPSA) is 62.6 Å². The lowest BCUT2D eigenvalue weighted by atomic mass is 10.0. The highest BCUT2D eigenvalue weighted by Gasteiger charge is 2.15. The van der Waals surface area contributed by atoms with Crippen LogP contribution in [-0.2, 0) is 13.5 Å². The van der Waals surface area contributed by atoms with E-state index in [0.717, 1.165) is 16.6 Å². The van der Waals surface area contributed by atoms with Crippen LogP contribution in [-0.4, -0.2) is 31.1 Å². The van der Waals surface area contributed by atoms with Crippen LogP contribution in [0.3, 0.4) is 0 Å². The molecule has 0 unspecified atom stereocenters. The molecule has 3 aromatic rings. The second kappa shape index (κ2) is 6.84. The molecule has 3 rings (SSSR count). The van der Waals surface area contributed by atoms with Crippen molar-refractivity contribution in [2.24, 2.45) is 7.05 Å². The van der Waals surface area contributed by atoms with E-state index in [1.54, 1.807) is 28.4 Å². The molecule has 0 aliphatic heterocycles. The van der Waals surface area contributed by atoms with Crippen molar-refractivity contribution in [2.45, 2.75) is 6.42 Å². The Hall–Kier alpha value is -3.02. The lowest BCUT2D eigenvalue weighted by molar-refractivity contribution is 0.324. The van der Waals surface area contributed by atoms with Gasteiger partial charge in [0.25, 0.3) is 5.56 Å². The van der Waals surface area contributed by atoms with Gasteiger partial charge < -0.3 is 14.2 Å². The molecule has 1 aromatic heterocycles. The summed E-state index contributed by atoms with van der Waals surface area (Å²) in [5.41, 5.74) is 1.65. The third-order valence-electron chi connectivity index (χ3n) is 4.13. The van der Waals surface area contributed by atoms with E-state index in [0.29, 0.717) is 29.1 Å². The second-order valence-corrected chi connectivity index (χ2v) is 5.63. The van der Waals surface area contributed by atoms with Gasteiger partial charge in [0.05, 0.1) is 32.4 Å². The van der Waals surface area contributed by atoms with Crippen molar-refractivity contribution >= 4 is 10.8 Å². The third kappa shape index (κ3) is 3.03. The summed E-state index contributed by atoms with van der Waals surface area (Å²) in [4.78, 5) is 12.3. The normalized spacial score (nSPS) is 10.7. The minimum absolute atomic E-state index is 0.107. The molecule has 0 aliphatic rings. The zero-order valence-corrected chi connectivity index (χ0v) is 14.7. The molecular formula is C19H20N2O4. The Labute approximate surface area is 145 Å². The maximum Gasteiger partial charge on any atom is 0.274 e. The van der Waals surface area contributed by atoms with Crippen LogP contribution in [0.2, 0.25) is 0 Å². The van der Waals surface area contributed by atoms with Crippen molar-refractivity contribution < 1.29 is 14.2 Å².